The molecular formula is C59H38N2S. The van der Waals surface area contributed by atoms with Crippen molar-refractivity contribution < 1.29 is 0 Å². The first-order valence-electron chi connectivity index (χ1n) is 21.1. The molecule has 62 heavy (non-hydrogen) atoms. The molecule has 1 aliphatic rings. The first kappa shape index (κ1) is 36.2. The summed E-state index contributed by atoms with van der Waals surface area (Å²) in [5.74, 6) is 0.702. The zero-order chi connectivity index (χ0) is 41.0. The van der Waals surface area contributed by atoms with Gasteiger partial charge in [0.05, 0.1) is 16.8 Å². The lowest BCUT2D eigenvalue weighted by Gasteiger charge is -2.34. The second-order valence-electron chi connectivity index (χ2n) is 16.0. The van der Waals surface area contributed by atoms with Gasteiger partial charge in [0.25, 0.3) is 0 Å². The highest BCUT2D eigenvalue weighted by Gasteiger charge is 2.46. The summed E-state index contributed by atoms with van der Waals surface area (Å²) in [6.07, 6.45) is 0. The summed E-state index contributed by atoms with van der Waals surface area (Å²) in [5, 5.41) is 2.58. The molecule has 0 amide bonds. The molecule has 1 aliphatic carbocycles. The molecule has 0 fully saturated rings. The molecule has 12 rings (SSSR count). The van der Waals surface area contributed by atoms with Gasteiger partial charge in [0.15, 0.2) is 5.82 Å². The fourth-order valence-corrected chi connectivity index (χ4v) is 11.0. The molecule has 3 heteroatoms. The van der Waals surface area contributed by atoms with Crippen molar-refractivity contribution in [2.24, 2.45) is 0 Å². The largest absolute Gasteiger partial charge is 0.228 e. The van der Waals surface area contributed by atoms with Crippen LogP contribution in [0, 0.1) is 0 Å². The van der Waals surface area contributed by atoms with Crippen LogP contribution in [0.1, 0.15) is 22.3 Å². The summed E-state index contributed by atoms with van der Waals surface area (Å²) in [6, 6.07) is 83.4. The van der Waals surface area contributed by atoms with Crippen LogP contribution in [0.5, 0.6) is 0 Å². The number of nitrogens with zero attached hydrogens (tertiary/aromatic N) is 2. The molecular weight excluding hydrogens is 769 g/mol. The monoisotopic (exact) mass is 806 g/mol. The van der Waals surface area contributed by atoms with Crippen molar-refractivity contribution in [1.29, 1.82) is 0 Å². The summed E-state index contributed by atoms with van der Waals surface area (Å²) < 4.78 is 2.58. The van der Waals surface area contributed by atoms with E-state index in [9.17, 15) is 0 Å². The van der Waals surface area contributed by atoms with Crippen molar-refractivity contribution >= 4 is 31.5 Å². The minimum absolute atomic E-state index is 0.450. The maximum absolute atomic E-state index is 5.28. The highest BCUT2D eigenvalue weighted by Crippen LogP contribution is 2.56. The summed E-state index contributed by atoms with van der Waals surface area (Å²) in [6.45, 7) is 0. The number of fused-ring (bicyclic) bond motifs is 6. The van der Waals surface area contributed by atoms with E-state index in [4.69, 9.17) is 9.97 Å². The lowest BCUT2D eigenvalue weighted by Crippen LogP contribution is -2.28. The molecule has 2 nitrogen and oxygen atoms in total. The van der Waals surface area contributed by atoms with E-state index in [0.29, 0.717) is 5.82 Å². The van der Waals surface area contributed by atoms with Gasteiger partial charge in [-0.1, -0.05) is 212 Å². The Kier molecular flexibility index (Phi) is 8.62. The molecule has 0 saturated carbocycles. The van der Waals surface area contributed by atoms with Crippen LogP contribution in [-0.2, 0) is 5.41 Å². The maximum atomic E-state index is 5.28. The van der Waals surface area contributed by atoms with Crippen LogP contribution in [0.3, 0.4) is 0 Å². The van der Waals surface area contributed by atoms with Gasteiger partial charge in [-0.15, -0.1) is 11.3 Å². The predicted octanol–water partition coefficient (Wildman–Crippen LogP) is 15.5. The Morgan fingerprint density at radius 1 is 0.323 bits per heavy atom. The van der Waals surface area contributed by atoms with Gasteiger partial charge in [-0.3, -0.25) is 0 Å². The lowest BCUT2D eigenvalue weighted by molar-refractivity contribution is 0.769. The van der Waals surface area contributed by atoms with Crippen LogP contribution < -0.4 is 0 Å². The normalized spacial score (nSPS) is 12.6. The predicted molar refractivity (Wildman–Crippen MR) is 259 cm³/mol. The van der Waals surface area contributed by atoms with Gasteiger partial charge < -0.3 is 0 Å². The number of benzene rings is 9. The Bertz CT molecular complexity index is 3400. The summed E-state index contributed by atoms with van der Waals surface area (Å²) in [4.78, 5) is 10.5. The number of hydrogen-bond acceptors (Lipinski definition) is 3. The third kappa shape index (κ3) is 5.78. The molecule has 2 aromatic heterocycles. The van der Waals surface area contributed by atoms with Crippen molar-refractivity contribution in [3.05, 3.63) is 253 Å². The number of thiophene rings is 1. The molecule has 9 aromatic carbocycles. The summed E-state index contributed by atoms with van der Waals surface area (Å²) in [5.41, 5.74) is 16.8. The lowest BCUT2D eigenvalue weighted by atomic mass is 9.67. The van der Waals surface area contributed by atoms with Crippen molar-refractivity contribution in [2.75, 3.05) is 0 Å². The zero-order valence-electron chi connectivity index (χ0n) is 33.7. The SMILES string of the molecule is c1ccc(-c2nc(-c3ccc(-c4ccc5c(c4)C(c4ccccc4)(c4ccccc4)c4ccccc4-5)cc3)cc(-c3ccccc3-c3cccc4c3sc3ccccc34)n2)cc1. The minimum atomic E-state index is -0.450. The van der Waals surface area contributed by atoms with E-state index in [1.165, 1.54) is 64.7 Å². The Labute approximate surface area is 365 Å². The van der Waals surface area contributed by atoms with Crippen molar-refractivity contribution in [3.63, 3.8) is 0 Å². The third-order valence-electron chi connectivity index (χ3n) is 12.6. The van der Waals surface area contributed by atoms with Gasteiger partial charge in [0, 0.05) is 42.4 Å². The zero-order valence-corrected chi connectivity index (χ0v) is 34.6. The van der Waals surface area contributed by atoms with Crippen LogP contribution >= 0.6 is 11.3 Å². The molecule has 2 heterocycles. The Balaban J connectivity index is 0.981. The molecule has 0 atom stereocenters. The molecule has 0 radical (unpaired) electrons. The second kappa shape index (κ2) is 14.8. The van der Waals surface area contributed by atoms with Crippen LogP contribution in [0.2, 0.25) is 0 Å². The summed E-state index contributed by atoms with van der Waals surface area (Å²) >= 11 is 1.85. The average Bonchev–Trinajstić information content (AvgIpc) is 3.89. The number of hydrogen-bond donors (Lipinski definition) is 0. The first-order valence-corrected chi connectivity index (χ1v) is 22.0. The molecule has 0 aliphatic heterocycles. The van der Waals surface area contributed by atoms with E-state index >= 15 is 0 Å². The molecule has 0 bridgehead atoms. The van der Waals surface area contributed by atoms with Crippen LogP contribution in [0.15, 0.2) is 231 Å². The second-order valence-corrected chi connectivity index (χ2v) is 17.1. The topological polar surface area (TPSA) is 25.8 Å². The Hall–Kier alpha value is -7.72. The summed E-state index contributed by atoms with van der Waals surface area (Å²) in [7, 11) is 0. The fraction of sp³-hybridized carbons (Fsp3) is 0.0169. The van der Waals surface area contributed by atoms with E-state index in [0.717, 1.165) is 39.2 Å². The van der Waals surface area contributed by atoms with Crippen LogP contribution in [0.4, 0.5) is 0 Å². The fourth-order valence-electron chi connectivity index (χ4n) is 9.81. The molecule has 0 saturated heterocycles. The molecule has 11 aromatic rings. The van der Waals surface area contributed by atoms with Crippen LogP contribution in [-0.4, -0.2) is 9.97 Å². The van der Waals surface area contributed by atoms with E-state index < -0.39 is 5.41 Å². The molecule has 290 valence electrons. The third-order valence-corrected chi connectivity index (χ3v) is 13.8. The van der Waals surface area contributed by atoms with Gasteiger partial charge in [-0.2, -0.15) is 0 Å². The quantitative estimate of drug-likeness (QED) is 0.160. The van der Waals surface area contributed by atoms with E-state index in [-0.39, 0.29) is 0 Å². The maximum Gasteiger partial charge on any atom is 0.160 e. The van der Waals surface area contributed by atoms with Crippen LogP contribution in [0.25, 0.3) is 87.5 Å². The minimum Gasteiger partial charge on any atom is -0.228 e. The Morgan fingerprint density at radius 3 is 1.63 bits per heavy atom. The highest BCUT2D eigenvalue weighted by molar-refractivity contribution is 7.26. The van der Waals surface area contributed by atoms with Crippen molar-refractivity contribution in [2.45, 2.75) is 5.41 Å². The van der Waals surface area contributed by atoms with E-state index in [1.807, 2.05) is 17.4 Å². The van der Waals surface area contributed by atoms with E-state index in [1.54, 1.807) is 0 Å². The number of rotatable bonds is 7. The molecule has 0 unspecified atom stereocenters. The highest BCUT2D eigenvalue weighted by atomic mass is 32.1. The molecule has 0 spiro atoms. The van der Waals surface area contributed by atoms with Gasteiger partial charge in [0.2, 0.25) is 0 Å². The van der Waals surface area contributed by atoms with Gasteiger partial charge in [-0.25, -0.2) is 9.97 Å². The molecule has 0 N–H and O–H groups in total. The van der Waals surface area contributed by atoms with Gasteiger partial charge >= 0.3 is 0 Å². The van der Waals surface area contributed by atoms with Gasteiger partial charge in [-0.05, 0) is 68.3 Å². The first-order chi connectivity index (χ1) is 30.7. The van der Waals surface area contributed by atoms with Crippen molar-refractivity contribution in [3.8, 4) is 67.3 Å². The average molecular weight is 807 g/mol. The Morgan fingerprint density at radius 2 is 0.871 bits per heavy atom. The van der Waals surface area contributed by atoms with Gasteiger partial charge in [0.1, 0.15) is 0 Å². The standard InChI is InChI=1S/C59H38N2S/c1-4-17-41(18-5-1)58-60-54(38-55(61-58)48-25-11-10-23-45(48)50-27-16-28-51-49-26-13-15-30-56(49)62-57(50)51)40-33-31-39(32-34-40)42-35-36-47-46-24-12-14-29-52(46)59(53(47)37-42,43-19-6-2-7-20-43)44-21-8-3-9-22-44/h1-38H. The number of aromatic nitrogens is 2. The van der Waals surface area contributed by atoms with E-state index in [2.05, 4.69) is 224 Å². The smallest absolute Gasteiger partial charge is 0.160 e. The van der Waals surface area contributed by atoms with Crippen molar-refractivity contribution in [1.82, 2.24) is 9.97 Å².